The van der Waals surface area contributed by atoms with E-state index in [0.717, 1.165) is 28.3 Å². The molecular weight excluding hydrogens is 372 g/mol. The average Bonchev–Trinajstić information content (AvgIpc) is 3.19. The van der Waals surface area contributed by atoms with E-state index < -0.39 is 12.4 Å². The zero-order valence-electron chi connectivity index (χ0n) is 15.7. The van der Waals surface area contributed by atoms with Crippen molar-refractivity contribution in [3.8, 4) is 22.5 Å². The monoisotopic (exact) mass is 396 g/mol. The van der Waals surface area contributed by atoms with Gasteiger partial charge < -0.3 is 19.6 Å². The largest absolute Gasteiger partial charge is 0.393 e. The molecule has 2 heterocycles. The number of aliphatic hydroxyl groups is 1. The van der Waals surface area contributed by atoms with E-state index in [1.54, 1.807) is 7.11 Å². The summed E-state index contributed by atoms with van der Waals surface area (Å²) in [5.74, 6) is 0.718. The number of aliphatic hydroxyl groups excluding tert-OH is 1. The molecule has 0 spiro atoms. The second kappa shape index (κ2) is 8.49. The fourth-order valence-corrected chi connectivity index (χ4v) is 3.89. The minimum Gasteiger partial charge on any atom is -0.393 e. The average molecular weight is 397 g/mol. The molecule has 0 bridgehead atoms. The van der Waals surface area contributed by atoms with Crippen LogP contribution in [-0.2, 0) is 9.47 Å². The highest BCUT2D eigenvalue weighted by Crippen LogP contribution is 2.37. The number of methoxy groups -OCH3 is 1. The number of nitrogens with one attached hydrogen (secondary N) is 1. The van der Waals surface area contributed by atoms with Gasteiger partial charge in [-0.05, 0) is 0 Å². The third-order valence-electron chi connectivity index (χ3n) is 5.02. The number of imidazole rings is 1. The minimum absolute atomic E-state index is 0.296. The van der Waals surface area contributed by atoms with Crippen LogP contribution in [0.5, 0.6) is 0 Å². The van der Waals surface area contributed by atoms with Crippen molar-refractivity contribution in [3.05, 3.63) is 66.5 Å². The molecule has 4 atom stereocenters. The van der Waals surface area contributed by atoms with Gasteiger partial charge in [0.1, 0.15) is 5.82 Å². The van der Waals surface area contributed by atoms with Crippen molar-refractivity contribution in [2.24, 2.45) is 0 Å². The molecule has 1 aromatic heterocycles. The van der Waals surface area contributed by atoms with Crippen LogP contribution in [0.1, 0.15) is 23.9 Å². The first kappa shape index (κ1) is 19.2. The van der Waals surface area contributed by atoms with Crippen LogP contribution in [-0.4, -0.2) is 40.7 Å². The Morgan fingerprint density at radius 2 is 1.71 bits per heavy atom. The quantitative estimate of drug-likeness (QED) is 0.565. The van der Waals surface area contributed by atoms with Gasteiger partial charge in [-0.25, -0.2) is 4.98 Å². The maximum absolute atomic E-state index is 10.2. The number of rotatable bonds is 5. The highest BCUT2D eigenvalue weighted by atomic mass is 32.1. The molecule has 146 valence electrons. The minimum atomic E-state index is -0.476. The molecule has 1 fully saturated rings. The van der Waals surface area contributed by atoms with Crippen molar-refractivity contribution in [1.29, 1.82) is 0 Å². The van der Waals surface area contributed by atoms with Gasteiger partial charge in [0, 0.05) is 31.1 Å². The smallest absolute Gasteiger partial charge is 0.160 e. The molecule has 0 aliphatic carbocycles. The van der Waals surface area contributed by atoms with Crippen LogP contribution in [0.4, 0.5) is 0 Å². The van der Waals surface area contributed by atoms with Crippen LogP contribution in [0, 0.1) is 0 Å². The summed E-state index contributed by atoms with van der Waals surface area (Å²) in [4.78, 5) is 8.32. The maximum atomic E-state index is 10.2. The lowest BCUT2D eigenvalue weighted by molar-refractivity contribution is -0.203. The van der Waals surface area contributed by atoms with Gasteiger partial charge in [-0.3, -0.25) is 0 Å². The summed E-state index contributed by atoms with van der Waals surface area (Å²) in [5, 5.41) is 9.86. The molecule has 2 N–H and O–H groups in total. The van der Waals surface area contributed by atoms with Gasteiger partial charge >= 0.3 is 0 Å². The SMILES string of the molecule is CO[C@@H]1C[C@H](O)C[C@@H](C(S)c2nc(-c3ccccc3)c(-c3ccccc3)[nH]2)O1. The summed E-state index contributed by atoms with van der Waals surface area (Å²) in [6.45, 7) is 0. The van der Waals surface area contributed by atoms with E-state index in [1.807, 2.05) is 48.5 Å². The van der Waals surface area contributed by atoms with Crippen molar-refractivity contribution in [3.63, 3.8) is 0 Å². The van der Waals surface area contributed by atoms with Gasteiger partial charge in [0.15, 0.2) is 6.29 Å². The molecular formula is C22H24N2O3S. The van der Waals surface area contributed by atoms with Crippen LogP contribution < -0.4 is 0 Å². The summed E-state index contributed by atoms with van der Waals surface area (Å²) in [5.41, 5.74) is 3.91. The highest BCUT2D eigenvalue weighted by Gasteiger charge is 2.34. The first-order chi connectivity index (χ1) is 13.7. The first-order valence-electron chi connectivity index (χ1n) is 9.41. The Hall–Kier alpha value is -2.12. The summed E-state index contributed by atoms with van der Waals surface area (Å²) in [6, 6.07) is 20.2. The van der Waals surface area contributed by atoms with Crippen LogP contribution in [0.3, 0.4) is 0 Å². The lowest BCUT2D eigenvalue weighted by atomic mass is 10.0. The lowest BCUT2D eigenvalue weighted by Gasteiger charge is -2.34. The molecule has 5 nitrogen and oxygen atoms in total. The summed E-state index contributed by atoms with van der Waals surface area (Å²) in [7, 11) is 1.58. The van der Waals surface area contributed by atoms with E-state index in [2.05, 4.69) is 17.1 Å². The number of thiol groups is 1. The van der Waals surface area contributed by atoms with E-state index in [4.69, 9.17) is 27.1 Å². The van der Waals surface area contributed by atoms with Gasteiger partial charge in [0.05, 0.1) is 28.8 Å². The van der Waals surface area contributed by atoms with Crippen LogP contribution in [0.2, 0.25) is 0 Å². The van der Waals surface area contributed by atoms with E-state index in [-0.39, 0.29) is 11.4 Å². The molecule has 0 amide bonds. The van der Waals surface area contributed by atoms with Crippen molar-refractivity contribution < 1.29 is 14.6 Å². The third-order valence-corrected chi connectivity index (χ3v) is 5.60. The van der Waals surface area contributed by atoms with Crippen LogP contribution in [0.15, 0.2) is 60.7 Å². The number of aromatic nitrogens is 2. The van der Waals surface area contributed by atoms with Gasteiger partial charge in [-0.15, -0.1) is 0 Å². The number of hydrogen-bond donors (Lipinski definition) is 3. The van der Waals surface area contributed by atoms with Gasteiger partial charge in [-0.1, -0.05) is 60.7 Å². The molecule has 0 radical (unpaired) electrons. The van der Waals surface area contributed by atoms with E-state index in [0.29, 0.717) is 12.8 Å². The molecule has 6 heteroatoms. The lowest BCUT2D eigenvalue weighted by Crippen LogP contribution is -2.38. The van der Waals surface area contributed by atoms with E-state index in [9.17, 15) is 5.11 Å². The number of ether oxygens (including phenoxy) is 2. The van der Waals surface area contributed by atoms with Crippen molar-refractivity contribution in [1.82, 2.24) is 9.97 Å². The summed E-state index contributed by atoms with van der Waals surface area (Å²) < 4.78 is 11.3. The molecule has 0 saturated carbocycles. The summed E-state index contributed by atoms with van der Waals surface area (Å²) in [6.07, 6.45) is -0.238. The van der Waals surface area contributed by atoms with Gasteiger partial charge in [-0.2, -0.15) is 12.6 Å². The molecule has 4 rings (SSSR count). The van der Waals surface area contributed by atoms with Gasteiger partial charge in [0.2, 0.25) is 0 Å². The topological polar surface area (TPSA) is 67.4 Å². The zero-order valence-corrected chi connectivity index (χ0v) is 16.5. The normalized spacial score (nSPS) is 23.5. The molecule has 1 aliphatic heterocycles. The molecule has 28 heavy (non-hydrogen) atoms. The van der Waals surface area contributed by atoms with Crippen molar-refractivity contribution in [2.45, 2.75) is 36.6 Å². The van der Waals surface area contributed by atoms with Crippen LogP contribution in [0.25, 0.3) is 22.5 Å². The van der Waals surface area contributed by atoms with E-state index in [1.165, 1.54) is 0 Å². The Morgan fingerprint density at radius 3 is 2.36 bits per heavy atom. The van der Waals surface area contributed by atoms with Crippen molar-refractivity contribution >= 4 is 12.6 Å². The Morgan fingerprint density at radius 1 is 1.07 bits per heavy atom. The molecule has 1 aliphatic rings. The Kier molecular flexibility index (Phi) is 5.82. The predicted molar refractivity (Wildman–Crippen MR) is 112 cm³/mol. The van der Waals surface area contributed by atoms with E-state index >= 15 is 0 Å². The molecule has 1 saturated heterocycles. The number of nitrogens with zero attached hydrogens (tertiary/aromatic N) is 1. The Balaban J connectivity index is 1.71. The number of benzene rings is 2. The zero-order chi connectivity index (χ0) is 19.5. The van der Waals surface area contributed by atoms with Crippen LogP contribution >= 0.6 is 12.6 Å². The second-order valence-corrected chi connectivity index (χ2v) is 7.54. The molecule has 1 unspecified atom stereocenters. The predicted octanol–water partition coefficient (Wildman–Crippen LogP) is 4.23. The number of aromatic amines is 1. The second-order valence-electron chi connectivity index (χ2n) is 6.99. The fourth-order valence-electron chi connectivity index (χ4n) is 3.57. The maximum Gasteiger partial charge on any atom is 0.160 e. The van der Waals surface area contributed by atoms with Gasteiger partial charge in [0.25, 0.3) is 0 Å². The molecule has 2 aromatic carbocycles. The van der Waals surface area contributed by atoms with Crippen molar-refractivity contribution in [2.75, 3.05) is 7.11 Å². The Labute approximate surface area is 170 Å². The Bertz CT molecular complexity index is 844. The highest BCUT2D eigenvalue weighted by molar-refractivity contribution is 7.80. The third kappa shape index (κ3) is 4.00. The summed E-state index contributed by atoms with van der Waals surface area (Å²) >= 11 is 4.78. The fraction of sp³-hybridized carbons (Fsp3) is 0.318. The number of H-pyrrole nitrogens is 1. The number of hydrogen-bond acceptors (Lipinski definition) is 5. The molecule has 3 aromatic rings. The standard InChI is InChI=1S/C22H24N2O3S/c1-26-18-13-16(25)12-17(27-18)21(28)22-23-19(14-8-4-2-5-9-14)20(24-22)15-10-6-3-7-11-15/h2-11,16-18,21,25,28H,12-13H2,1H3,(H,23,24)/t16-,17+,18+,21?/m1/s1. The first-order valence-corrected chi connectivity index (χ1v) is 9.92.